The van der Waals surface area contributed by atoms with Crippen molar-refractivity contribution in [1.29, 1.82) is 0 Å². The molecule has 104 valence electrons. The lowest BCUT2D eigenvalue weighted by Crippen LogP contribution is -2.07. The van der Waals surface area contributed by atoms with Crippen molar-refractivity contribution in [2.24, 2.45) is 0 Å². The fourth-order valence-corrected chi connectivity index (χ4v) is 2.23. The molecular formula is C17H14N2O2. The summed E-state index contributed by atoms with van der Waals surface area (Å²) in [6, 6.07) is 15.6. The topological polar surface area (TPSA) is 76.2 Å². The Balaban J connectivity index is 1.92. The number of nitrogen functional groups attached to an aromatic ring is 1. The molecule has 0 aliphatic rings. The Hall–Kier alpha value is -2.88. The number of nitrogens with two attached hydrogens (primary N) is 1. The van der Waals surface area contributed by atoms with Crippen molar-refractivity contribution in [1.82, 2.24) is 4.98 Å². The number of carbonyl (C=O) groups is 1. The van der Waals surface area contributed by atoms with Gasteiger partial charge in [-0.05, 0) is 29.8 Å². The van der Waals surface area contributed by atoms with Gasteiger partial charge in [0.2, 0.25) is 0 Å². The number of fused-ring (bicyclic) bond motifs is 1. The highest BCUT2D eigenvalue weighted by atomic mass is 16.3. The Morgan fingerprint density at radius 2 is 1.81 bits per heavy atom. The molecule has 0 atom stereocenters. The van der Waals surface area contributed by atoms with Crippen LogP contribution in [-0.2, 0) is 6.42 Å². The number of ketones is 1. The quantitative estimate of drug-likeness (QED) is 0.722. The molecule has 2 aromatic carbocycles. The zero-order valence-electron chi connectivity index (χ0n) is 11.3. The Morgan fingerprint density at radius 1 is 1.10 bits per heavy atom. The Morgan fingerprint density at radius 3 is 2.57 bits per heavy atom. The second-order valence-corrected chi connectivity index (χ2v) is 4.88. The van der Waals surface area contributed by atoms with Crippen molar-refractivity contribution >= 4 is 22.4 Å². The fourth-order valence-electron chi connectivity index (χ4n) is 2.23. The summed E-state index contributed by atoms with van der Waals surface area (Å²) in [7, 11) is 0. The van der Waals surface area contributed by atoms with Crippen LogP contribution >= 0.6 is 0 Å². The number of pyridine rings is 1. The maximum atomic E-state index is 12.3. The number of aromatic hydroxyl groups is 1. The van der Waals surface area contributed by atoms with Gasteiger partial charge < -0.3 is 10.8 Å². The van der Waals surface area contributed by atoms with Gasteiger partial charge in [0.25, 0.3) is 0 Å². The molecule has 1 heterocycles. The molecule has 0 radical (unpaired) electrons. The number of benzene rings is 2. The lowest BCUT2D eigenvalue weighted by atomic mass is 10.0. The van der Waals surface area contributed by atoms with Gasteiger partial charge in [-0.3, -0.25) is 4.79 Å². The first-order valence-electron chi connectivity index (χ1n) is 6.60. The predicted octanol–water partition coefficient (Wildman–Crippen LogP) is 2.95. The van der Waals surface area contributed by atoms with E-state index in [9.17, 15) is 9.90 Å². The van der Waals surface area contributed by atoms with Crippen LogP contribution in [0.5, 0.6) is 5.75 Å². The average molecular weight is 278 g/mol. The van der Waals surface area contributed by atoms with Crippen molar-refractivity contribution in [3.8, 4) is 5.75 Å². The van der Waals surface area contributed by atoms with E-state index in [0.29, 0.717) is 16.9 Å². The molecule has 0 aliphatic carbocycles. The molecule has 3 aromatic rings. The number of Topliss-reactive ketones (excluding diaryl/α,β-unsaturated/α-hetero) is 1. The maximum absolute atomic E-state index is 12.3. The minimum atomic E-state index is -0.0989. The van der Waals surface area contributed by atoms with E-state index in [1.54, 1.807) is 30.3 Å². The molecule has 0 fully saturated rings. The second-order valence-electron chi connectivity index (χ2n) is 4.88. The smallest absolute Gasteiger partial charge is 0.185 e. The van der Waals surface area contributed by atoms with Crippen LogP contribution in [-0.4, -0.2) is 15.9 Å². The molecule has 3 rings (SSSR count). The third kappa shape index (κ3) is 2.69. The van der Waals surface area contributed by atoms with Gasteiger partial charge in [0.1, 0.15) is 11.4 Å². The van der Waals surface area contributed by atoms with E-state index in [2.05, 4.69) is 4.98 Å². The molecule has 0 unspecified atom stereocenters. The van der Waals surface area contributed by atoms with Crippen LogP contribution in [0.1, 0.15) is 16.1 Å². The molecule has 0 saturated heterocycles. The summed E-state index contributed by atoms with van der Waals surface area (Å²) in [6.07, 6.45) is 0.227. The van der Waals surface area contributed by atoms with E-state index in [1.807, 2.05) is 24.3 Å². The SMILES string of the molecule is Nc1cc(C(=O)Cc2ccc(O)cc2)nc2ccccc12. The average Bonchev–Trinajstić information content (AvgIpc) is 2.49. The van der Waals surface area contributed by atoms with Crippen molar-refractivity contribution in [3.05, 3.63) is 65.9 Å². The molecule has 21 heavy (non-hydrogen) atoms. The van der Waals surface area contributed by atoms with E-state index >= 15 is 0 Å². The highest BCUT2D eigenvalue weighted by molar-refractivity contribution is 6.01. The van der Waals surface area contributed by atoms with Crippen molar-refractivity contribution in [2.75, 3.05) is 5.73 Å². The molecular weight excluding hydrogens is 264 g/mol. The second kappa shape index (κ2) is 5.25. The van der Waals surface area contributed by atoms with Gasteiger partial charge in [0.15, 0.2) is 5.78 Å². The van der Waals surface area contributed by atoms with Crippen molar-refractivity contribution in [3.63, 3.8) is 0 Å². The van der Waals surface area contributed by atoms with E-state index in [1.165, 1.54) is 0 Å². The highest BCUT2D eigenvalue weighted by Crippen LogP contribution is 2.21. The first kappa shape index (κ1) is 13.1. The van der Waals surface area contributed by atoms with Gasteiger partial charge >= 0.3 is 0 Å². The van der Waals surface area contributed by atoms with E-state index in [4.69, 9.17) is 5.73 Å². The standard InChI is InChI=1S/C17H14N2O2/c18-14-10-16(19-15-4-2-1-3-13(14)15)17(21)9-11-5-7-12(20)8-6-11/h1-8,10,20H,9H2,(H2,18,19). The number of phenolic OH excluding ortho intramolecular Hbond substituents is 1. The fraction of sp³-hybridized carbons (Fsp3) is 0.0588. The lowest BCUT2D eigenvalue weighted by molar-refractivity contribution is 0.0988. The zero-order valence-corrected chi connectivity index (χ0v) is 11.3. The van der Waals surface area contributed by atoms with Crippen LogP contribution in [0.2, 0.25) is 0 Å². The summed E-state index contributed by atoms with van der Waals surface area (Å²) in [4.78, 5) is 16.7. The molecule has 0 bridgehead atoms. The number of hydrogen-bond donors (Lipinski definition) is 2. The molecule has 0 aliphatic heterocycles. The van der Waals surface area contributed by atoms with E-state index in [0.717, 1.165) is 10.9 Å². The van der Waals surface area contributed by atoms with Gasteiger partial charge in [0.05, 0.1) is 5.52 Å². The van der Waals surface area contributed by atoms with Crippen LogP contribution in [0.4, 0.5) is 5.69 Å². The van der Waals surface area contributed by atoms with Crippen molar-refractivity contribution in [2.45, 2.75) is 6.42 Å². The number of phenols is 1. The van der Waals surface area contributed by atoms with Gasteiger partial charge in [-0.25, -0.2) is 4.98 Å². The third-order valence-electron chi connectivity index (χ3n) is 3.33. The highest BCUT2D eigenvalue weighted by Gasteiger charge is 2.11. The Labute approximate surface area is 121 Å². The normalized spacial score (nSPS) is 10.7. The van der Waals surface area contributed by atoms with Gasteiger partial charge in [-0.15, -0.1) is 0 Å². The zero-order chi connectivity index (χ0) is 14.8. The maximum Gasteiger partial charge on any atom is 0.185 e. The summed E-state index contributed by atoms with van der Waals surface area (Å²) >= 11 is 0. The molecule has 0 spiro atoms. The molecule has 4 nitrogen and oxygen atoms in total. The number of aromatic nitrogens is 1. The van der Waals surface area contributed by atoms with Crippen LogP contribution in [0, 0.1) is 0 Å². The van der Waals surface area contributed by atoms with Crippen LogP contribution < -0.4 is 5.73 Å². The minimum Gasteiger partial charge on any atom is -0.508 e. The summed E-state index contributed by atoms with van der Waals surface area (Å²) < 4.78 is 0. The molecule has 0 saturated carbocycles. The van der Waals surface area contributed by atoms with Gasteiger partial charge in [-0.1, -0.05) is 30.3 Å². The number of anilines is 1. The van der Waals surface area contributed by atoms with Gasteiger partial charge in [0, 0.05) is 17.5 Å². The number of hydrogen-bond acceptors (Lipinski definition) is 4. The van der Waals surface area contributed by atoms with Crippen LogP contribution in [0.15, 0.2) is 54.6 Å². The summed E-state index contributed by atoms with van der Waals surface area (Å²) in [5.74, 6) is 0.0809. The summed E-state index contributed by atoms with van der Waals surface area (Å²) in [6.45, 7) is 0. The van der Waals surface area contributed by atoms with Gasteiger partial charge in [-0.2, -0.15) is 0 Å². The number of carbonyl (C=O) groups excluding carboxylic acids is 1. The number of nitrogens with zero attached hydrogens (tertiary/aromatic N) is 1. The third-order valence-corrected chi connectivity index (χ3v) is 3.33. The van der Waals surface area contributed by atoms with Crippen LogP contribution in [0.3, 0.4) is 0 Å². The summed E-state index contributed by atoms with van der Waals surface area (Å²) in [5.41, 5.74) is 8.43. The van der Waals surface area contributed by atoms with E-state index < -0.39 is 0 Å². The lowest BCUT2D eigenvalue weighted by Gasteiger charge is -2.06. The van der Waals surface area contributed by atoms with Crippen molar-refractivity contribution < 1.29 is 9.90 Å². The molecule has 4 heteroatoms. The van der Waals surface area contributed by atoms with E-state index in [-0.39, 0.29) is 18.0 Å². The molecule has 1 aromatic heterocycles. The Bertz CT molecular complexity index is 811. The Kier molecular flexibility index (Phi) is 3.28. The molecule has 3 N–H and O–H groups in total. The summed E-state index contributed by atoms with van der Waals surface area (Å²) in [5, 5.41) is 10.1. The number of para-hydroxylation sites is 1. The molecule has 0 amide bonds. The number of rotatable bonds is 3. The minimum absolute atomic E-state index is 0.0989. The predicted molar refractivity (Wildman–Crippen MR) is 82.3 cm³/mol. The first-order valence-corrected chi connectivity index (χ1v) is 6.60. The first-order chi connectivity index (χ1) is 10.1. The monoisotopic (exact) mass is 278 g/mol. The van der Waals surface area contributed by atoms with Crippen LogP contribution in [0.25, 0.3) is 10.9 Å². The largest absolute Gasteiger partial charge is 0.508 e.